The van der Waals surface area contributed by atoms with Crippen molar-refractivity contribution >= 4 is 65.1 Å². The van der Waals surface area contributed by atoms with E-state index in [1.54, 1.807) is 61.2 Å². The second-order valence-electron chi connectivity index (χ2n) is 25.7. The van der Waals surface area contributed by atoms with Crippen LogP contribution in [0.4, 0.5) is 46.8 Å². The number of alkyl halides is 6. The molecule has 1 atom stereocenters. The number of amides is 3. The molecule has 10 rings (SSSR count). The quantitative estimate of drug-likeness (QED) is 0.0366. The topological polar surface area (TPSA) is 351 Å². The summed E-state index contributed by atoms with van der Waals surface area (Å²) < 4.78 is 213. The summed E-state index contributed by atoms with van der Waals surface area (Å²) in [7, 11) is -13.1. The Morgan fingerprint density at radius 2 is 1.04 bits per heavy atom. The number of carbonyl (C=O) groups is 3. The molecule has 37 heteroatoms. The van der Waals surface area contributed by atoms with Gasteiger partial charge < -0.3 is 29.6 Å². The van der Waals surface area contributed by atoms with Crippen LogP contribution in [0.5, 0.6) is 23.3 Å². The number of fused-ring (bicyclic) bond motifs is 1. The molecule has 2 aromatic carbocycles. The molecule has 0 saturated heterocycles. The van der Waals surface area contributed by atoms with Crippen LogP contribution in [-0.2, 0) is 36.2 Å². The average Bonchev–Trinajstić information content (AvgIpc) is 1.60. The Morgan fingerprint density at radius 1 is 0.550 bits per heavy atom. The van der Waals surface area contributed by atoms with E-state index in [0.29, 0.717) is 54.7 Å². The number of hydrogen-bond donors (Lipinski definition) is 4. The van der Waals surface area contributed by atoms with Crippen LogP contribution < -0.4 is 43.7 Å². The van der Waals surface area contributed by atoms with Gasteiger partial charge in [0.25, 0.3) is 47.8 Å². The van der Waals surface area contributed by atoms with Crippen molar-refractivity contribution in [1.29, 1.82) is 0 Å². The van der Waals surface area contributed by atoms with Crippen molar-refractivity contribution in [2.24, 2.45) is 11.8 Å². The van der Waals surface area contributed by atoms with E-state index in [0.717, 1.165) is 53.3 Å². The standard InChI is InChI=1S/C26H27F4N3O5S.C24H21F4N5O4S.C24H29N5O4S.6H2/c1-15(2)14-37-20-11-18(10-19(27)12-20)22-9-8-21(25(32-22)38-17(4)13-26(28,29)30)24(34)33-39(35,36)23-7-5-6-16(3)31-23;1-13(2)12-37-16-9-14(8-15(25)10-16)18-7-6-17(22-30-19(11-33(18)22)24(26,27)28)23(34)32-38(35,36)21-5-3-4-20(29)31-21;1-6-29(7-2)23-19(24(30)28-34(31,32)22-10-8-9-17(5)26-22)12-13-20(27-23)18-11-14-21(25-15-18)33-16(3)4;;;;;;/h5-12,15,17H,13-14H2,1-4H3,(H,33,34);3-11,13H,12H2,1-2H3,(H2,29,31)(H,32,34);8-16H,6-7H2,1-5H3,(H,28,30);6*1H. The Balaban J connectivity index is 0.000000581. The van der Waals surface area contributed by atoms with E-state index in [1.807, 2.05) is 71.1 Å². The number of halogens is 8. The van der Waals surface area contributed by atoms with Crippen LogP contribution in [0.1, 0.15) is 125 Å². The van der Waals surface area contributed by atoms with Gasteiger partial charge in [-0.3, -0.25) is 18.8 Å². The molecule has 0 bridgehead atoms. The van der Waals surface area contributed by atoms with Gasteiger partial charge in [-0.2, -0.15) is 51.6 Å². The first-order valence-electron chi connectivity index (χ1n) is 33.9. The second-order valence-corrected chi connectivity index (χ2v) is 30.6. The van der Waals surface area contributed by atoms with Gasteiger partial charge in [0.05, 0.1) is 53.9 Å². The van der Waals surface area contributed by atoms with E-state index >= 15 is 0 Å². The average molecular weight is 1620 g/mol. The van der Waals surface area contributed by atoms with Gasteiger partial charge >= 0.3 is 12.4 Å². The number of pyridine rings is 7. The largest absolute Gasteiger partial charge is 0.493 e. The number of aromatic nitrogens is 8. The first-order chi connectivity index (χ1) is 52.0. The first-order valence-corrected chi connectivity index (χ1v) is 38.4. The number of nitrogens with two attached hydrogens (primary N) is 1. The fraction of sp³-hybridized carbons (Fsp3) is 0.297. The highest BCUT2D eigenvalue weighted by molar-refractivity contribution is 7.90. The molecule has 0 spiro atoms. The number of hydrogen-bond acceptors (Lipinski definition) is 22. The SMILES string of the molecule is CC(C)COc1cc(F)cc(-c2ccc(C(=O)NS(=O)(=O)c3cccc(N)n3)c3nc(C(F)(F)F)cn23)c1.CCN(CC)c1nc(-c2ccc(OC(C)C)nc2)ccc1C(=O)NS(=O)(=O)c1cccc(C)n1.Cc1cccc(S(=O)(=O)NC(=O)c2ccc(-c3cc(F)cc(OCC(C)C)c3)nc2OC(C)CC(F)(F)F)n1.[HH].[HH].[HH].[HH].[HH].[HH]. The van der Waals surface area contributed by atoms with Crippen LogP contribution in [0.3, 0.4) is 0 Å². The molecule has 8 aromatic heterocycles. The summed E-state index contributed by atoms with van der Waals surface area (Å²) in [4.78, 5) is 69.1. The molecule has 10 aromatic rings. The summed E-state index contributed by atoms with van der Waals surface area (Å²) >= 11 is 0. The number of carbonyl (C=O) groups excluding carboxylic acids is 3. The van der Waals surface area contributed by atoms with Crippen molar-refractivity contribution in [2.75, 3.05) is 36.9 Å². The third-order valence-electron chi connectivity index (χ3n) is 15.1. The zero-order valence-electron chi connectivity index (χ0n) is 61.4. The van der Waals surface area contributed by atoms with Gasteiger partial charge in [0.15, 0.2) is 26.4 Å². The van der Waals surface area contributed by atoms with Gasteiger partial charge in [-0.1, -0.05) is 45.9 Å². The van der Waals surface area contributed by atoms with Crippen molar-refractivity contribution < 1.29 is 102 Å². The molecular weight excluding hydrogens is 1530 g/mol. The summed E-state index contributed by atoms with van der Waals surface area (Å²) in [5, 5.41) is -1.21. The molecule has 1 unspecified atom stereocenters. The molecule has 0 aliphatic rings. The number of rotatable bonds is 26. The molecule has 0 aliphatic carbocycles. The van der Waals surface area contributed by atoms with Gasteiger partial charge in [0.1, 0.15) is 46.4 Å². The summed E-state index contributed by atoms with van der Waals surface area (Å²) in [6, 6.07) is 31.5. The number of benzene rings is 2. The van der Waals surface area contributed by atoms with Crippen molar-refractivity contribution in [2.45, 2.75) is 122 Å². The lowest BCUT2D eigenvalue weighted by Gasteiger charge is -2.23. The normalized spacial score (nSPS) is 12.1. The Bertz CT molecular complexity index is 5420. The van der Waals surface area contributed by atoms with E-state index in [2.05, 4.69) is 39.6 Å². The Morgan fingerprint density at radius 3 is 1.52 bits per heavy atom. The van der Waals surface area contributed by atoms with Gasteiger partial charge in [-0.25, -0.2) is 57.8 Å². The maximum absolute atomic E-state index is 14.4. The first kappa shape index (κ1) is 85.1. The van der Waals surface area contributed by atoms with Crippen LogP contribution >= 0.6 is 0 Å². The smallest absolute Gasteiger partial charge is 0.434 e. The molecule has 111 heavy (non-hydrogen) atoms. The second kappa shape index (κ2) is 35.9. The van der Waals surface area contributed by atoms with Crippen LogP contribution in [0.25, 0.3) is 39.4 Å². The van der Waals surface area contributed by atoms with E-state index in [9.17, 15) is 74.8 Å². The molecular formula is C74H89F8N13O13S3. The minimum atomic E-state index is -4.89. The third-order valence-corrected chi connectivity index (χ3v) is 18.8. The number of nitrogens with one attached hydrogen (secondary N) is 3. The number of ether oxygens (including phenoxy) is 4. The molecule has 0 radical (unpaired) electrons. The van der Waals surface area contributed by atoms with Crippen molar-refractivity contribution in [1.82, 2.24) is 53.5 Å². The lowest BCUT2D eigenvalue weighted by molar-refractivity contribution is -0.149. The number of nitrogen functional groups attached to an aromatic ring is 1. The minimum Gasteiger partial charge on any atom is -0.493 e. The summed E-state index contributed by atoms with van der Waals surface area (Å²) in [5.74, 6) is -3.74. The number of imidazole rings is 1. The Labute approximate surface area is 643 Å². The third kappa shape index (κ3) is 23.5. The highest BCUT2D eigenvalue weighted by Crippen LogP contribution is 2.36. The predicted molar refractivity (Wildman–Crippen MR) is 407 cm³/mol. The number of nitrogens with zero attached hydrogens (tertiary/aromatic N) is 9. The van der Waals surface area contributed by atoms with Gasteiger partial charge in [-0.05, 0) is 163 Å². The Hall–Kier alpha value is -11.5. The fourth-order valence-electron chi connectivity index (χ4n) is 10.2. The van der Waals surface area contributed by atoms with E-state index < -0.39 is 123 Å². The maximum Gasteiger partial charge on any atom is 0.434 e. The van der Waals surface area contributed by atoms with Gasteiger partial charge in [0, 0.05) is 80.3 Å². The predicted octanol–water partition coefficient (Wildman–Crippen LogP) is 14.8. The summed E-state index contributed by atoms with van der Waals surface area (Å²) in [5.41, 5.74) is 5.58. The Kier molecular flexibility index (Phi) is 27.6. The van der Waals surface area contributed by atoms with Crippen molar-refractivity contribution in [3.05, 3.63) is 197 Å². The zero-order valence-corrected chi connectivity index (χ0v) is 63.9. The maximum atomic E-state index is 14.4. The molecule has 0 fully saturated rings. The van der Waals surface area contributed by atoms with Crippen LogP contribution in [0.2, 0.25) is 0 Å². The number of anilines is 2. The fourth-order valence-corrected chi connectivity index (χ4v) is 13.1. The van der Waals surface area contributed by atoms with Crippen LogP contribution in [0, 0.1) is 37.3 Å². The molecule has 0 saturated carbocycles. The molecule has 602 valence electrons. The highest BCUT2D eigenvalue weighted by Gasteiger charge is 2.37. The van der Waals surface area contributed by atoms with Crippen molar-refractivity contribution in [3.63, 3.8) is 0 Å². The van der Waals surface area contributed by atoms with Crippen LogP contribution in [0.15, 0.2) is 167 Å². The summed E-state index contributed by atoms with van der Waals surface area (Å²) in [6.07, 6.45) is -10.0. The molecule has 0 aliphatic heterocycles. The zero-order chi connectivity index (χ0) is 81.7. The minimum absolute atomic E-state index is 0. The van der Waals surface area contributed by atoms with Gasteiger partial charge in [-0.15, -0.1) is 0 Å². The number of aryl methyl sites for hydroxylation is 2. The van der Waals surface area contributed by atoms with Gasteiger partial charge in [0.2, 0.25) is 11.8 Å². The molecule has 5 N–H and O–H groups in total. The van der Waals surface area contributed by atoms with Crippen molar-refractivity contribution in [3.8, 4) is 57.0 Å². The van der Waals surface area contributed by atoms with Crippen LogP contribution in [-0.4, -0.2) is 127 Å². The highest BCUT2D eigenvalue weighted by atomic mass is 32.2. The lowest BCUT2D eigenvalue weighted by Crippen LogP contribution is -2.34. The van der Waals surface area contributed by atoms with E-state index in [1.165, 1.54) is 60.7 Å². The van der Waals surface area contributed by atoms with E-state index in [-0.39, 0.29) is 83.5 Å². The van der Waals surface area contributed by atoms with E-state index in [4.69, 9.17) is 24.7 Å². The molecule has 26 nitrogen and oxygen atoms in total. The number of sulfonamides is 3. The monoisotopic (exact) mass is 1620 g/mol. The molecule has 3 amide bonds. The lowest BCUT2D eigenvalue weighted by atomic mass is 10.1. The molecule has 8 heterocycles. The summed E-state index contributed by atoms with van der Waals surface area (Å²) in [6.45, 7) is 21.4.